The number of hydrogen-bond acceptors (Lipinski definition) is 1. The van der Waals surface area contributed by atoms with Crippen LogP contribution in [0.15, 0.2) is 24.3 Å². The van der Waals surface area contributed by atoms with E-state index < -0.39 is 6.29 Å². The molecule has 65 valence electrons. The summed E-state index contributed by atoms with van der Waals surface area (Å²) in [5.41, 5.74) is 0. The Morgan fingerprint density at radius 3 is 2.75 bits per heavy atom. The van der Waals surface area contributed by atoms with Crippen LogP contribution in [0.3, 0.4) is 0 Å². The van der Waals surface area contributed by atoms with Crippen molar-refractivity contribution in [1.29, 1.82) is 0 Å². The molecule has 1 aromatic rings. The second kappa shape index (κ2) is 4.33. The van der Waals surface area contributed by atoms with Crippen molar-refractivity contribution < 1.29 is 9.84 Å². The van der Waals surface area contributed by atoms with Crippen molar-refractivity contribution in [2.45, 2.75) is 19.6 Å². The maximum absolute atomic E-state index is 10.9. The summed E-state index contributed by atoms with van der Waals surface area (Å²) in [5.74, 6) is 0.459. The fourth-order valence-corrected chi connectivity index (χ4v) is 0.946. The van der Waals surface area contributed by atoms with Gasteiger partial charge >= 0.3 is 0 Å². The van der Waals surface area contributed by atoms with E-state index in [9.17, 15) is 5.11 Å². The molecule has 0 aromatic heterocycles. The molecular weight excluding hydrogens is 176 g/mol. The Morgan fingerprint density at radius 2 is 2.17 bits per heavy atom. The smallest absolute Gasteiger partial charge is 0.231 e. The van der Waals surface area contributed by atoms with Gasteiger partial charge in [0.25, 0.3) is 0 Å². The van der Waals surface area contributed by atoms with Crippen LogP contribution >= 0.6 is 11.6 Å². The molecule has 2 nitrogen and oxygen atoms in total. The van der Waals surface area contributed by atoms with Gasteiger partial charge in [0.2, 0.25) is 6.29 Å². The Labute approximate surface area is 76.7 Å². The minimum absolute atomic E-state index is 0.436. The highest BCUT2D eigenvalue weighted by Gasteiger charge is 2.06. The summed E-state index contributed by atoms with van der Waals surface area (Å²) in [6.07, 6.45) is -0.588. The van der Waals surface area contributed by atoms with Crippen LogP contribution in [0.1, 0.15) is 13.3 Å². The molecule has 0 fully saturated rings. The highest BCUT2D eigenvalue weighted by Crippen LogP contribution is 2.24. The molecule has 1 aromatic carbocycles. The predicted octanol–water partition coefficient (Wildman–Crippen LogP) is 2.89. The normalized spacial score (nSPS) is 12.6. The molecule has 1 radical (unpaired) electrons. The van der Waals surface area contributed by atoms with E-state index in [0.29, 0.717) is 17.2 Å². The highest BCUT2D eigenvalue weighted by atomic mass is 35.5. The van der Waals surface area contributed by atoms with Crippen molar-refractivity contribution in [3.8, 4) is 5.75 Å². The maximum atomic E-state index is 10.9. The summed E-state index contributed by atoms with van der Waals surface area (Å²) >= 11 is 5.76. The van der Waals surface area contributed by atoms with E-state index in [1.165, 1.54) is 0 Å². The second-order valence-electron chi connectivity index (χ2n) is 2.39. The topological polar surface area (TPSA) is 29.1 Å². The Morgan fingerprint density at radius 1 is 1.50 bits per heavy atom. The molecule has 1 atom stereocenters. The lowest BCUT2D eigenvalue weighted by molar-refractivity contribution is -0.0720. The van der Waals surface area contributed by atoms with Crippen molar-refractivity contribution in [3.05, 3.63) is 29.3 Å². The largest absolute Gasteiger partial charge is 0.461 e. The lowest BCUT2D eigenvalue weighted by Crippen LogP contribution is -2.11. The van der Waals surface area contributed by atoms with E-state index in [0.717, 1.165) is 0 Å². The van der Waals surface area contributed by atoms with Gasteiger partial charge in [0.1, 0.15) is 5.75 Å². The molecule has 3 heteroatoms. The molecule has 0 saturated heterocycles. The third-order valence-corrected chi connectivity index (χ3v) is 1.74. The third kappa shape index (κ3) is 2.40. The molecule has 1 rings (SSSR count). The monoisotopic (exact) mass is 185 g/mol. The molecule has 0 aliphatic heterocycles. The molecule has 0 spiro atoms. The SMILES string of the molecule is CCC([O])Oc1ccccc1Cl. The van der Waals surface area contributed by atoms with Gasteiger partial charge in [0.15, 0.2) is 0 Å². The Kier molecular flexibility index (Phi) is 3.38. The number of para-hydroxylation sites is 1. The third-order valence-electron chi connectivity index (χ3n) is 1.43. The van der Waals surface area contributed by atoms with Crippen LogP contribution in [0, 0.1) is 0 Å². The first-order chi connectivity index (χ1) is 5.74. The van der Waals surface area contributed by atoms with E-state index in [-0.39, 0.29) is 0 Å². The maximum Gasteiger partial charge on any atom is 0.231 e. The molecule has 0 aliphatic carbocycles. The minimum Gasteiger partial charge on any atom is -0.461 e. The molecule has 1 unspecified atom stereocenters. The van der Waals surface area contributed by atoms with Crippen molar-refractivity contribution in [2.24, 2.45) is 0 Å². The minimum atomic E-state index is -1.02. The number of benzene rings is 1. The number of ether oxygens (including phenoxy) is 1. The summed E-state index contributed by atoms with van der Waals surface area (Å²) in [5, 5.41) is 11.4. The molecule has 0 heterocycles. The number of hydrogen-bond donors (Lipinski definition) is 0. The summed E-state index contributed by atoms with van der Waals surface area (Å²) in [4.78, 5) is 0. The van der Waals surface area contributed by atoms with Crippen LogP contribution in [-0.2, 0) is 5.11 Å². The van der Waals surface area contributed by atoms with E-state index >= 15 is 0 Å². The van der Waals surface area contributed by atoms with Gasteiger partial charge in [0.05, 0.1) is 5.02 Å². The van der Waals surface area contributed by atoms with E-state index in [2.05, 4.69) is 0 Å². The fourth-order valence-electron chi connectivity index (χ4n) is 0.765. The molecule has 0 amide bonds. The van der Waals surface area contributed by atoms with Crippen molar-refractivity contribution in [1.82, 2.24) is 0 Å². The number of rotatable bonds is 3. The molecule has 0 saturated carbocycles. The number of halogens is 1. The van der Waals surface area contributed by atoms with Crippen molar-refractivity contribution >= 4 is 11.6 Å². The van der Waals surface area contributed by atoms with Crippen LogP contribution in [0.4, 0.5) is 0 Å². The highest BCUT2D eigenvalue weighted by molar-refractivity contribution is 6.32. The van der Waals surface area contributed by atoms with Gasteiger partial charge in [-0.1, -0.05) is 30.7 Å². The zero-order chi connectivity index (χ0) is 8.97. The van der Waals surface area contributed by atoms with Crippen LogP contribution in [0.25, 0.3) is 0 Å². The molecular formula is C9H10ClO2. The van der Waals surface area contributed by atoms with Gasteiger partial charge in [-0.05, 0) is 12.1 Å². The van der Waals surface area contributed by atoms with Crippen LogP contribution < -0.4 is 4.74 Å². The van der Waals surface area contributed by atoms with Crippen LogP contribution in [0.5, 0.6) is 5.75 Å². The molecule has 0 aliphatic rings. The van der Waals surface area contributed by atoms with E-state index in [4.69, 9.17) is 16.3 Å². The Hall–Kier alpha value is -0.730. The van der Waals surface area contributed by atoms with Crippen molar-refractivity contribution in [2.75, 3.05) is 0 Å². The van der Waals surface area contributed by atoms with Gasteiger partial charge in [-0.3, -0.25) is 0 Å². The zero-order valence-electron chi connectivity index (χ0n) is 6.79. The molecule has 12 heavy (non-hydrogen) atoms. The van der Waals surface area contributed by atoms with E-state index in [1.54, 1.807) is 31.2 Å². The predicted molar refractivity (Wildman–Crippen MR) is 46.8 cm³/mol. The van der Waals surface area contributed by atoms with Crippen LogP contribution in [-0.4, -0.2) is 6.29 Å². The first-order valence-electron chi connectivity index (χ1n) is 3.81. The zero-order valence-corrected chi connectivity index (χ0v) is 7.54. The van der Waals surface area contributed by atoms with Gasteiger partial charge in [0, 0.05) is 6.42 Å². The van der Waals surface area contributed by atoms with Gasteiger partial charge in [-0.25, -0.2) is 0 Å². The van der Waals surface area contributed by atoms with Gasteiger partial charge in [-0.2, -0.15) is 5.11 Å². The van der Waals surface area contributed by atoms with Crippen molar-refractivity contribution in [3.63, 3.8) is 0 Å². The molecule has 0 bridgehead atoms. The first kappa shape index (κ1) is 9.36. The van der Waals surface area contributed by atoms with E-state index in [1.807, 2.05) is 0 Å². The summed E-state index contributed by atoms with van der Waals surface area (Å²) < 4.78 is 5.01. The van der Waals surface area contributed by atoms with Gasteiger partial charge in [-0.15, -0.1) is 0 Å². The lowest BCUT2D eigenvalue weighted by atomic mass is 10.3. The quantitative estimate of drug-likeness (QED) is 0.666. The average molecular weight is 186 g/mol. The summed E-state index contributed by atoms with van der Waals surface area (Å²) in [6, 6.07) is 6.95. The summed E-state index contributed by atoms with van der Waals surface area (Å²) in [7, 11) is 0. The first-order valence-corrected chi connectivity index (χ1v) is 4.19. The van der Waals surface area contributed by atoms with Crippen LogP contribution in [0.2, 0.25) is 5.02 Å². The molecule has 0 N–H and O–H groups in total. The fraction of sp³-hybridized carbons (Fsp3) is 0.333. The Bertz CT molecular complexity index is 250. The standard InChI is InChI=1S/C9H10ClO2/c1-2-9(11)12-8-6-4-3-5-7(8)10/h3-6,9H,2H2,1H3. The average Bonchev–Trinajstić information content (AvgIpc) is 2.09. The van der Waals surface area contributed by atoms with Gasteiger partial charge < -0.3 is 4.74 Å². The summed E-state index contributed by atoms with van der Waals surface area (Å²) in [6.45, 7) is 1.77. The lowest BCUT2D eigenvalue weighted by Gasteiger charge is -2.09. The second-order valence-corrected chi connectivity index (χ2v) is 2.79. The Balaban J connectivity index is 2.69.